The highest BCUT2D eigenvalue weighted by Gasteiger charge is 2.47. The standard InChI is InChI=1S/C21H28O5/c1-4-5-8-25-19(24)11-13-9-17(23)20-15-12-14(22)6-7-16(15)21(2,3)26-18(20)10-13/h9-10,15-16,23H,4-8,11-12H2,1-3H3. The first-order valence-electron chi connectivity index (χ1n) is 9.54. The van der Waals surface area contributed by atoms with Gasteiger partial charge in [-0.2, -0.15) is 0 Å². The van der Waals surface area contributed by atoms with Gasteiger partial charge in [0.25, 0.3) is 0 Å². The fraction of sp³-hybridized carbons (Fsp3) is 0.619. The van der Waals surface area contributed by atoms with Crippen LogP contribution in [-0.4, -0.2) is 29.1 Å². The Morgan fingerprint density at radius 3 is 2.88 bits per heavy atom. The van der Waals surface area contributed by atoms with Crippen LogP contribution < -0.4 is 4.74 Å². The number of hydrogen-bond acceptors (Lipinski definition) is 5. The van der Waals surface area contributed by atoms with Crippen LogP contribution in [0.5, 0.6) is 11.5 Å². The summed E-state index contributed by atoms with van der Waals surface area (Å²) < 4.78 is 11.4. The van der Waals surface area contributed by atoms with Gasteiger partial charge in [-0.3, -0.25) is 9.59 Å². The molecule has 142 valence electrons. The number of fused-ring (bicyclic) bond motifs is 3. The average molecular weight is 360 g/mol. The molecule has 0 bridgehead atoms. The highest BCUT2D eigenvalue weighted by Crippen LogP contribution is 2.53. The van der Waals surface area contributed by atoms with E-state index >= 15 is 0 Å². The lowest BCUT2D eigenvalue weighted by atomic mass is 9.66. The second-order valence-corrected chi connectivity index (χ2v) is 7.98. The van der Waals surface area contributed by atoms with Gasteiger partial charge in [-0.25, -0.2) is 0 Å². The molecule has 0 aromatic heterocycles. The Balaban J connectivity index is 1.86. The van der Waals surface area contributed by atoms with Gasteiger partial charge in [-0.05, 0) is 44.4 Å². The van der Waals surface area contributed by atoms with E-state index in [1.54, 1.807) is 6.07 Å². The molecule has 1 saturated carbocycles. The van der Waals surface area contributed by atoms with Crippen LogP contribution in [0.15, 0.2) is 12.1 Å². The van der Waals surface area contributed by atoms with Gasteiger partial charge in [-0.1, -0.05) is 13.3 Å². The Hall–Kier alpha value is -2.04. The van der Waals surface area contributed by atoms with Crippen molar-refractivity contribution in [2.24, 2.45) is 5.92 Å². The SMILES string of the molecule is CCCCOC(=O)Cc1cc(O)c2c(c1)OC(C)(C)C1CCC(=O)CC21. The molecule has 2 unspecified atom stereocenters. The molecule has 5 heteroatoms. The topological polar surface area (TPSA) is 72.8 Å². The lowest BCUT2D eigenvalue weighted by molar-refractivity contribution is -0.142. The first-order chi connectivity index (χ1) is 12.3. The normalized spacial score (nSPS) is 23.6. The number of esters is 1. The van der Waals surface area contributed by atoms with Crippen LogP contribution in [0.1, 0.15) is 69.9 Å². The molecule has 1 aliphatic carbocycles. The van der Waals surface area contributed by atoms with E-state index in [1.807, 2.05) is 26.8 Å². The van der Waals surface area contributed by atoms with Crippen molar-refractivity contribution in [3.05, 3.63) is 23.3 Å². The van der Waals surface area contributed by atoms with Crippen molar-refractivity contribution in [3.8, 4) is 11.5 Å². The van der Waals surface area contributed by atoms with Crippen molar-refractivity contribution in [2.45, 2.75) is 70.8 Å². The van der Waals surface area contributed by atoms with Crippen molar-refractivity contribution in [1.29, 1.82) is 0 Å². The van der Waals surface area contributed by atoms with Gasteiger partial charge in [0.05, 0.1) is 13.0 Å². The number of ketones is 1. The first-order valence-corrected chi connectivity index (χ1v) is 9.54. The minimum Gasteiger partial charge on any atom is -0.508 e. The Morgan fingerprint density at radius 2 is 2.15 bits per heavy atom. The van der Waals surface area contributed by atoms with Crippen molar-refractivity contribution in [1.82, 2.24) is 0 Å². The molecule has 2 atom stereocenters. The summed E-state index contributed by atoms with van der Waals surface area (Å²) in [5.41, 5.74) is 0.968. The number of Topliss-reactive ketones (excluding diaryl/α,β-unsaturated/α-hetero) is 1. The second-order valence-electron chi connectivity index (χ2n) is 7.98. The fourth-order valence-corrected chi connectivity index (χ4v) is 4.28. The molecule has 0 radical (unpaired) electrons. The lowest BCUT2D eigenvalue weighted by Gasteiger charge is -2.47. The molecule has 1 aliphatic heterocycles. The largest absolute Gasteiger partial charge is 0.508 e. The van der Waals surface area contributed by atoms with Gasteiger partial charge in [-0.15, -0.1) is 0 Å². The molecular formula is C21H28O5. The zero-order chi connectivity index (χ0) is 18.9. The van der Waals surface area contributed by atoms with Crippen molar-refractivity contribution in [2.75, 3.05) is 6.61 Å². The monoisotopic (exact) mass is 360 g/mol. The molecule has 1 N–H and O–H groups in total. The van der Waals surface area contributed by atoms with E-state index < -0.39 is 5.60 Å². The number of ether oxygens (including phenoxy) is 2. The third-order valence-electron chi connectivity index (χ3n) is 5.59. The van der Waals surface area contributed by atoms with E-state index in [0.717, 1.165) is 19.3 Å². The molecule has 0 amide bonds. The maximum absolute atomic E-state index is 12.0. The van der Waals surface area contributed by atoms with Gasteiger partial charge < -0.3 is 14.6 Å². The zero-order valence-corrected chi connectivity index (χ0v) is 15.8. The predicted molar refractivity (Wildman–Crippen MR) is 97.5 cm³/mol. The van der Waals surface area contributed by atoms with E-state index in [0.29, 0.717) is 36.3 Å². The van der Waals surface area contributed by atoms with Gasteiger partial charge >= 0.3 is 5.97 Å². The second kappa shape index (κ2) is 7.29. The highest BCUT2D eigenvalue weighted by atomic mass is 16.5. The molecule has 26 heavy (non-hydrogen) atoms. The van der Waals surface area contributed by atoms with Crippen molar-refractivity contribution < 1.29 is 24.2 Å². The van der Waals surface area contributed by atoms with Crippen LogP contribution in [0.2, 0.25) is 0 Å². The van der Waals surface area contributed by atoms with E-state index in [2.05, 4.69) is 0 Å². The summed E-state index contributed by atoms with van der Waals surface area (Å²) in [6.45, 7) is 6.53. The zero-order valence-electron chi connectivity index (χ0n) is 15.8. The molecule has 1 aromatic rings. The van der Waals surface area contributed by atoms with Gasteiger partial charge in [0.2, 0.25) is 0 Å². The Bertz CT molecular complexity index is 707. The number of benzene rings is 1. The summed E-state index contributed by atoms with van der Waals surface area (Å²) in [7, 11) is 0. The van der Waals surface area contributed by atoms with Crippen LogP contribution in [0.4, 0.5) is 0 Å². The minimum atomic E-state index is -0.412. The molecule has 1 heterocycles. The van der Waals surface area contributed by atoms with Gasteiger partial charge in [0.15, 0.2) is 0 Å². The third-order valence-corrected chi connectivity index (χ3v) is 5.59. The summed E-state index contributed by atoms with van der Waals surface area (Å²) in [4.78, 5) is 24.0. The quantitative estimate of drug-likeness (QED) is 0.637. The molecular weight excluding hydrogens is 332 g/mol. The number of aromatic hydroxyl groups is 1. The summed E-state index contributed by atoms with van der Waals surface area (Å²) in [5, 5.41) is 10.6. The number of hydrogen-bond donors (Lipinski definition) is 1. The minimum absolute atomic E-state index is 0.0273. The van der Waals surface area contributed by atoms with Crippen LogP contribution in [-0.2, 0) is 20.7 Å². The van der Waals surface area contributed by atoms with E-state index in [4.69, 9.17) is 9.47 Å². The molecule has 0 saturated heterocycles. The number of phenolic OH excluding ortho intramolecular Hbond substituents is 1. The summed E-state index contributed by atoms with van der Waals surface area (Å²) in [6.07, 6.45) is 3.71. The van der Waals surface area contributed by atoms with Crippen LogP contribution in [0.3, 0.4) is 0 Å². The highest BCUT2D eigenvalue weighted by molar-refractivity contribution is 5.81. The molecule has 5 nitrogen and oxygen atoms in total. The number of phenols is 1. The van der Waals surface area contributed by atoms with Crippen LogP contribution in [0.25, 0.3) is 0 Å². The molecule has 1 aromatic carbocycles. The van der Waals surface area contributed by atoms with E-state index in [-0.39, 0.29) is 35.8 Å². The number of rotatable bonds is 5. The summed E-state index contributed by atoms with van der Waals surface area (Å²) in [6, 6.07) is 3.42. The predicted octanol–water partition coefficient (Wildman–Crippen LogP) is 3.90. The number of carbonyl (C=O) groups excluding carboxylic acids is 2. The maximum atomic E-state index is 12.0. The van der Waals surface area contributed by atoms with E-state index in [1.165, 1.54) is 0 Å². The van der Waals surface area contributed by atoms with Crippen LogP contribution in [0, 0.1) is 5.92 Å². The maximum Gasteiger partial charge on any atom is 0.310 e. The molecule has 3 rings (SSSR count). The Labute approximate surface area is 154 Å². The Morgan fingerprint density at radius 1 is 1.38 bits per heavy atom. The molecule has 0 spiro atoms. The fourth-order valence-electron chi connectivity index (χ4n) is 4.28. The summed E-state index contributed by atoms with van der Waals surface area (Å²) >= 11 is 0. The number of unbranched alkanes of at least 4 members (excludes halogenated alkanes) is 1. The Kier molecular flexibility index (Phi) is 5.26. The average Bonchev–Trinajstić information content (AvgIpc) is 2.53. The van der Waals surface area contributed by atoms with Crippen molar-refractivity contribution in [3.63, 3.8) is 0 Å². The summed E-state index contributed by atoms with van der Waals surface area (Å²) in [5.74, 6) is 0.793. The van der Waals surface area contributed by atoms with Gasteiger partial charge in [0, 0.05) is 30.2 Å². The third kappa shape index (κ3) is 3.71. The smallest absolute Gasteiger partial charge is 0.310 e. The number of carbonyl (C=O) groups is 2. The molecule has 1 fully saturated rings. The first kappa shape index (κ1) is 18.7. The van der Waals surface area contributed by atoms with Crippen LogP contribution >= 0.6 is 0 Å². The van der Waals surface area contributed by atoms with Crippen molar-refractivity contribution >= 4 is 11.8 Å². The molecule has 2 aliphatic rings. The van der Waals surface area contributed by atoms with Gasteiger partial charge in [0.1, 0.15) is 22.9 Å². The lowest BCUT2D eigenvalue weighted by Crippen LogP contribution is -2.47. The van der Waals surface area contributed by atoms with E-state index in [9.17, 15) is 14.7 Å².